The van der Waals surface area contributed by atoms with Crippen molar-refractivity contribution < 1.29 is 4.79 Å². The number of rotatable bonds is 3. The molecule has 1 aromatic carbocycles. The van der Waals surface area contributed by atoms with Gasteiger partial charge < -0.3 is 10.2 Å². The van der Waals surface area contributed by atoms with Gasteiger partial charge in [-0.25, -0.2) is 4.79 Å². The van der Waals surface area contributed by atoms with Gasteiger partial charge in [-0.3, -0.25) is 0 Å². The van der Waals surface area contributed by atoms with Gasteiger partial charge in [0.05, 0.1) is 0 Å². The molecule has 4 heteroatoms. The first-order chi connectivity index (χ1) is 7.13. The highest BCUT2D eigenvalue weighted by atomic mass is 79.9. The van der Waals surface area contributed by atoms with Gasteiger partial charge in [-0.15, -0.1) is 0 Å². The summed E-state index contributed by atoms with van der Waals surface area (Å²) in [6, 6.07) is 7.90. The molecule has 3 nitrogen and oxygen atoms in total. The molecule has 0 unspecified atom stereocenters. The number of nitrogens with one attached hydrogen (secondary N) is 1. The van der Waals surface area contributed by atoms with Gasteiger partial charge in [0.15, 0.2) is 0 Å². The second-order valence-electron chi connectivity index (χ2n) is 3.32. The van der Waals surface area contributed by atoms with E-state index in [2.05, 4.69) is 21.2 Å². The lowest BCUT2D eigenvalue weighted by molar-refractivity contribution is 0.207. The van der Waals surface area contributed by atoms with Crippen LogP contribution in [0.1, 0.15) is 12.5 Å². The second kappa shape index (κ2) is 5.75. The van der Waals surface area contributed by atoms with Gasteiger partial charge in [0.25, 0.3) is 0 Å². The lowest BCUT2D eigenvalue weighted by atomic mass is 10.2. The molecule has 82 valence electrons. The van der Waals surface area contributed by atoms with E-state index in [1.165, 1.54) is 0 Å². The second-order valence-corrected chi connectivity index (χ2v) is 4.24. The summed E-state index contributed by atoms with van der Waals surface area (Å²) >= 11 is 3.40. The first-order valence-electron chi connectivity index (χ1n) is 4.87. The van der Waals surface area contributed by atoms with E-state index in [0.717, 1.165) is 10.0 Å². The topological polar surface area (TPSA) is 32.3 Å². The molecule has 2 amide bonds. The van der Waals surface area contributed by atoms with Crippen LogP contribution in [-0.4, -0.2) is 24.5 Å². The predicted octanol–water partition coefficient (Wildman–Crippen LogP) is 2.61. The van der Waals surface area contributed by atoms with Gasteiger partial charge >= 0.3 is 6.03 Å². The van der Waals surface area contributed by atoms with Crippen LogP contribution in [-0.2, 0) is 6.54 Å². The standard InChI is InChI=1S/C11H15BrN2O/c1-3-13-11(15)14(2)8-9-5-4-6-10(12)7-9/h4-7H,3,8H2,1-2H3,(H,13,15). The molecule has 0 aliphatic rings. The molecule has 1 N–H and O–H groups in total. The Bertz CT molecular complexity index is 341. The van der Waals surface area contributed by atoms with Gasteiger partial charge in [0.2, 0.25) is 0 Å². The van der Waals surface area contributed by atoms with E-state index in [9.17, 15) is 4.79 Å². The lowest BCUT2D eigenvalue weighted by Crippen LogP contribution is -2.36. The van der Waals surface area contributed by atoms with Crippen LogP contribution in [0.25, 0.3) is 0 Å². The average molecular weight is 271 g/mol. The molecule has 1 aromatic rings. The number of amides is 2. The van der Waals surface area contributed by atoms with E-state index in [4.69, 9.17) is 0 Å². The molecular weight excluding hydrogens is 256 g/mol. The van der Waals surface area contributed by atoms with Crippen molar-refractivity contribution in [3.05, 3.63) is 34.3 Å². The molecule has 0 aliphatic carbocycles. The summed E-state index contributed by atoms with van der Waals surface area (Å²) in [6.45, 7) is 3.18. The van der Waals surface area contributed by atoms with Crippen LogP contribution < -0.4 is 5.32 Å². The van der Waals surface area contributed by atoms with Gasteiger partial charge in [0, 0.05) is 24.6 Å². The summed E-state index contributed by atoms with van der Waals surface area (Å²) in [4.78, 5) is 13.1. The molecule has 1 rings (SSSR count). The average Bonchev–Trinajstić information content (AvgIpc) is 2.18. The number of hydrogen-bond acceptors (Lipinski definition) is 1. The Hall–Kier alpha value is -1.03. The molecule has 0 spiro atoms. The minimum absolute atomic E-state index is 0.0440. The molecule has 0 saturated heterocycles. The van der Waals surface area contributed by atoms with E-state index in [1.807, 2.05) is 31.2 Å². The normalized spacial score (nSPS) is 9.80. The highest BCUT2D eigenvalue weighted by molar-refractivity contribution is 9.10. The zero-order chi connectivity index (χ0) is 11.3. The number of benzene rings is 1. The van der Waals surface area contributed by atoms with Gasteiger partial charge in [0.1, 0.15) is 0 Å². The van der Waals surface area contributed by atoms with Crippen molar-refractivity contribution in [3.8, 4) is 0 Å². The minimum Gasteiger partial charge on any atom is -0.338 e. The van der Waals surface area contributed by atoms with Crippen LogP contribution >= 0.6 is 15.9 Å². The number of halogens is 1. The molecule has 0 aromatic heterocycles. The first-order valence-corrected chi connectivity index (χ1v) is 5.66. The zero-order valence-corrected chi connectivity index (χ0v) is 10.5. The van der Waals surface area contributed by atoms with E-state index >= 15 is 0 Å². The molecule has 0 saturated carbocycles. The minimum atomic E-state index is -0.0440. The highest BCUT2D eigenvalue weighted by Gasteiger charge is 2.06. The Morgan fingerprint density at radius 2 is 2.27 bits per heavy atom. The number of hydrogen-bond donors (Lipinski definition) is 1. The van der Waals surface area contributed by atoms with Crippen molar-refractivity contribution in [3.63, 3.8) is 0 Å². The van der Waals surface area contributed by atoms with E-state index in [0.29, 0.717) is 13.1 Å². The third-order valence-corrected chi connectivity index (χ3v) is 2.48. The Morgan fingerprint density at radius 3 is 2.87 bits per heavy atom. The van der Waals surface area contributed by atoms with E-state index in [-0.39, 0.29) is 6.03 Å². The zero-order valence-electron chi connectivity index (χ0n) is 8.96. The SMILES string of the molecule is CCNC(=O)N(C)Cc1cccc(Br)c1. The molecule has 0 bridgehead atoms. The lowest BCUT2D eigenvalue weighted by Gasteiger charge is -2.17. The van der Waals surface area contributed by atoms with E-state index in [1.54, 1.807) is 11.9 Å². The van der Waals surface area contributed by atoms with Crippen LogP contribution in [0.3, 0.4) is 0 Å². The summed E-state index contributed by atoms with van der Waals surface area (Å²) < 4.78 is 1.03. The van der Waals surface area contributed by atoms with Crippen molar-refractivity contribution in [2.75, 3.05) is 13.6 Å². The largest absolute Gasteiger partial charge is 0.338 e. The van der Waals surface area contributed by atoms with Crippen LogP contribution in [0.5, 0.6) is 0 Å². The van der Waals surface area contributed by atoms with Gasteiger partial charge in [-0.1, -0.05) is 28.1 Å². The predicted molar refractivity (Wildman–Crippen MR) is 64.7 cm³/mol. The Kier molecular flexibility index (Phi) is 4.62. The van der Waals surface area contributed by atoms with Crippen LogP contribution in [0, 0.1) is 0 Å². The smallest absolute Gasteiger partial charge is 0.317 e. The fourth-order valence-corrected chi connectivity index (χ4v) is 1.71. The maximum absolute atomic E-state index is 11.4. The van der Waals surface area contributed by atoms with Crippen molar-refractivity contribution in [1.82, 2.24) is 10.2 Å². The van der Waals surface area contributed by atoms with Crippen molar-refractivity contribution in [2.24, 2.45) is 0 Å². The Balaban J connectivity index is 2.58. The number of carbonyl (C=O) groups is 1. The Morgan fingerprint density at radius 1 is 1.53 bits per heavy atom. The molecule has 15 heavy (non-hydrogen) atoms. The summed E-state index contributed by atoms with van der Waals surface area (Å²) in [5.74, 6) is 0. The molecule has 0 heterocycles. The fraction of sp³-hybridized carbons (Fsp3) is 0.364. The third kappa shape index (κ3) is 3.91. The molecule has 0 radical (unpaired) electrons. The summed E-state index contributed by atoms with van der Waals surface area (Å²) in [5, 5.41) is 2.76. The first kappa shape index (κ1) is 12.0. The Labute approximate surface area is 98.6 Å². The molecular formula is C11H15BrN2O. The number of carbonyl (C=O) groups excluding carboxylic acids is 1. The maximum atomic E-state index is 11.4. The van der Waals surface area contributed by atoms with Crippen molar-refractivity contribution >= 4 is 22.0 Å². The summed E-state index contributed by atoms with van der Waals surface area (Å²) in [5.41, 5.74) is 1.11. The van der Waals surface area contributed by atoms with Crippen LogP contribution in [0.15, 0.2) is 28.7 Å². The quantitative estimate of drug-likeness (QED) is 0.900. The number of urea groups is 1. The third-order valence-electron chi connectivity index (χ3n) is 1.98. The maximum Gasteiger partial charge on any atom is 0.317 e. The van der Waals surface area contributed by atoms with Gasteiger partial charge in [-0.2, -0.15) is 0 Å². The molecule has 0 aliphatic heterocycles. The molecule has 0 fully saturated rings. The van der Waals surface area contributed by atoms with Crippen LogP contribution in [0.2, 0.25) is 0 Å². The summed E-state index contributed by atoms with van der Waals surface area (Å²) in [6.07, 6.45) is 0. The molecule has 0 atom stereocenters. The number of nitrogens with zero attached hydrogens (tertiary/aromatic N) is 1. The van der Waals surface area contributed by atoms with Crippen molar-refractivity contribution in [1.29, 1.82) is 0 Å². The van der Waals surface area contributed by atoms with Crippen molar-refractivity contribution in [2.45, 2.75) is 13.5 Å². The van der Waals surface area contributed by atoms with Crippen LogP contribution in [0.4, 0.5) is 4.79 Å². The van der Waals surface area contributed by atoms with Gasteiger partial charge in [-0.05, 0) is 24.6 Å². The summed E-state index contributed by atoms with van der Waals surface area (Å²) in [7, 11) is 1.78. The van der Waals surface area contributed by atoms with E-state index < -0.39 is 0 Å². The fourth-order valence-electron chi connectivity index (χ4n) is 1.27. The monoisotopic (exact) mass is 270 g/mol. The highest BCUT2D eigenvalue weighted by Crippen LogP contribution is 2.12.